The molecule has 0 heterocycles. The van der Waals surface area contributed by atoms with Gasteiger partial charge < -0.3 is 15.7 Å². The molecule has 0 radical (unpaired) electrons. The fourth-order valence-electron chi connectivity index (χ4n) is 1.55. The predicted molar refractivity (Wildman–Crippen MR) is 72.3 cm³/mol. The van der Waals surface area contributed by atoms with E-state index < -0.39 is 0 Å². The number of benzene rings is 1. The second kappa shape index (κ2) is 7.50. The summed E-state index contributed by atoms with van der Waals surface area (Å²) in [4.78, 5) is 11.6. The van der Waals surface area contributed by atoms with E-state index in [9.17, 15) is 9.90 Å². The Labute approximate surface area is 108 Å². The molecule has 1 aromatic carbocycles. The molecule has 0 fully saturated rings. The van der Waals surface area contributed by atoms with Gasteiger partial charge in [0.05, 0.1) is 12.6 Å². The van der Waals surface area contributed by atoms with Crippen molar-refractivity contribution in [2.24, 2.45) is 0 Å². The minimum atomic E-state index is -0.294. The highest BCUT2D eigenvalue weighted by Gasteiger charge is 2.12. The quantitative estimate of drug-likeness (QED) is 0.667. The van der Waals surface area contributed by atoms with E-state index in [0.717, 1.165) is 5.56 Å². The Bertz CT molecular complexity index is 379. The molecule has 0 aliphatic rings. The van der Waals surface area contributed by atoms with Crippen LogP contribution in [0.3, 0.4) is 0 Å². The SMILES string of the molecule is C=C[C@@H](C)NC(=O)N[C@H](CO)Cc1ccccc1. The summed E-state index contributed by atoms with van der Waals surface area (Å²) in [6, 6.07) is 9.06. The minimum absolute atomic E-state index is 0.0925. The highest BCUT2D eigenvalue weighted by atomic mass is 16.3. The van der Waals surface area contributed by atoms with Gasteiger partial charge in [-0.25, -0.2) is 4.79 Å². The third-order valence-corrected chi connectivity index (χ3v) is 2.59. The molecule has 0 saturated carbocycles. The van der Waals surface area contributed by atoms with Crippen LogP contribution in [-0.4, -0.2) is 29.8 Å². The molecule has 2 amide bonds. The van der Waals surface area contributed by atoms with E-state index in [-0.39, 0.29) is 24.7 Å². The van der Waals surface area contributed by atoms with E-state index in [0.29, 0.717) is 6.42 Å². The van der Waals surface area contributed by atoms with E-state index in [1.54, 1.807) is 6.08 Å². The second-order valence-electron chi connectivity index (χ2n) is 4.21. The van der Waals surface area contributed by atoms with Crippen molar-refractivity contribution in [1.29, 1.82) is 0 Å². The largest absolute Gasteiger partial charge is 0.394 e. The maximum atomic E-state index is 11.6. The number of hydrogen-bond donors (Lipinski definition) is 3. The molecule has 0 spiro atoms. The van der Waals surface area contributed by atoms with Gasteiger partial charge in [0.25, 0.3) is 0 Å². The lowest BCUT2D eigenvalue weighted by atomic mass is 10.1. The van der Waals surface area contributed by atoms with Gasteiger partial charge in [-0.2, -0.15) is 0 Å². The lowest BCUT2D eigenvalue weighted by Gasteiger charge is -2.18. The van der Waals surface area contributed by atoms with Crippen LogP contribution in [0.15, 0.2) is 43.0 Å². The minimum Gasteiger partial charge on any atom is -0.394 e. The number of urea groups is 1. The number of rotatable bonds is 6. The summed E-state index contributed by atoms with van der Waals surface area (Å²) >= 11 is 0. The first-order chi connectivity index (χ1) is 8.65. The molecule has 0 aliphatic heterocycles. The molecule has 0 unspecified atom stereocenters. The van der Waals surface area contributed by atoms with Crippen LogP contribution in [0.25, 0.3) is 0 Å². The summed E-state index contributed by atoms with van der Waals surface area (Å²) < 4.78 is 0. The maximum absolute atomic E-state index is 11.6. The van der Waals surface area contributed by atoms with Crippen molar-refractivity contribution in [2.45, 2.75) is 25.4 Å². The number of carbonyl (C=O) groups excluding carboxylic acids is 1. The molecule has 4 nitrogen and oxygen atoms in total. The van der Waals surface area contributed by atoms with Gasteiger partial charge in [0.2, 0.25) is 0 Å². The van der Waals surface area contributed by atoms with E-state index >= 15 is 0 Å². The van der Waals surface area contributed by atoms with Crippen LogP contribution in [-0.2, 0) is 6.42 Å². The Balaban J connectivity index is 2.47. The number of nitrogens with one attached hydrogen (secondary N) is 2. The van der Waals surface area contributed by atoms with Gasteiger partial charge in [0, 0.05) is 6.04 Å². The fourth-order valence-corrected chi connectivity index (χ4v) is 1.55. The highest BCUT2D eigenvalue weighted by molar-refractivity contribution is 5.74. The summed E-state index contributed by atoms with van der Waals surface area (Å²) in [6.45, 7) is 5.33. The van der Waals surface area contributed by atoms with Gasteiger partial charge in [-0.3, -0.25) is 0 Å². The van der Waals surface area contributed by atoms with E-state index in [4.69, 9.17) is 0 Å². The van der Waals surface area contributed by atoms with E-state index in [1.165, 1.54) is 0 Å². The zero-order valence-electron chi connectivity index (χ0n) is 10.6. The fraction of sp³-hybridized carbons (Fsp3) is 0.357. The average molecular weight is 248 g/mol. The Morgan fingerprint density at radius 2 is 2.06 bits per heavy atom. The average Bonchev–Trinajstić information content (AvgIpc) is 2.38. The third kappa shape index (κ3) is 5.01. The lowest BCUT2D eigenvalue weighted by molar-refractivity contribution is 0.215. The first-order valence-corrected chi connectivity index (χ1v) is 6.00. The Morgan fingerprint density at radius 1 is 1.39 bits per heavy atom. The summed E-state index contributed by atoms with van der Waals surface area (Å²) in [5.41, 5.74) is 1.08. The normalized spacial score (nSPS) is 13.4. The van der Waals surface area contributed by atoms with Crippen LogP contribution in [0.4, 0.5) is 4.79 Å². The Morgan fingerprint density at radius 3 is 2.61 bits per heavy atom. The number of aliphatic hydroxyl groups excluding tert-OH is 1. The van der Waals surface area contributed by atoms with Crippen molar-refractivity contribution in [1.82, 2.24) is 10.6 Å². The first-order valence-electron chi connectivity index (χ1n) is 6.00. The monoisotopic (exact) mass is 248 g/mol. The molecular formula is C14H20N2O2. The molecule has 98 valence electrons. The second-order valence-corrected chi connectivity index (χ2v) is 4.21. The van der Waals surface area contributed by atoms with Crippen LogP contribution in [0.5, 0.6) is 0 Å². The van der Waals surface area contributed by atoms with Crippen molar-refractivity contribution in [3.8, 4) is 0 Å². The Kier molecular flexibility index (Phi) is 5.94. The van der Waals surface area contributed by atoms with Crippen molar-refractivity contribution >= 4 is 6.03 Å². The number of carbonyl (C=O) groups is 1. The first kappa shape index (κ1) is 14.3. The van der Waals surface area contributed by atoms with Crippen LogP contribution in [0.2, 0.25) is 0 Å². The third-order valence-electron chi connectivity index (χ3n) is 2.59. The molecule has 1 rings (SSSR count). The molecule has 18 heavy (non-hydrogen) atoms. The van der Waals surface area contributed by atoms with Crippen molar-refractivity contribution in [3.63, 3.8) is 0 Å². The van der Waals surface area contributed by atoms with E-state index in [2.05, 4.69) is 17.2 Å². The summed E-state index contributed by atoms with van der Waals surface area (Å²) in [5.74, 6) is 0. The molecule has 0 bridgehead atoms. The Hall–Kier alpha value is -1.81. The van der Waals surface area contributed by atoms with Gasteiger partial charge in [-0.15, -0.1) is 6.58 Å². The van der Waals surface area contributed by atoms with Gasteiger partial charge >= 0.3 is 6.03 Å². The van der Waals surface area contributed by atoms with Crippen molar-refractivity contribution < 1.29 is 9.90 Å². The molecule has 4 heteroatoms. The molecule has 2 atom stereocenters. The molecule has 0 aromatic heterocycles. The topological polar surface area (TPSA) is 61.4 Å². The molecular weight excluding hydrogens is 228 g/mol. The summed E-state index contributed by atoms with van der Waals surface area (Å²) in [5, 5.41) is 14.7. The van der Waals surface area contributed by atoms with Crippen LogP contribution >= 0.6 is 0 Å². The zero-order chi connectivity index (χ0) is 13.4. The highest BCUT2D eigenvalue weighted by Crippen LogP contribution is 2.02. The van der Waals surface area contributed by atoms with Crippen LogP contribution in [0.1, 0.15) is 12.5 Å². The van der Waals surface area contributed by atoms with Crippen molar-refractivity contribution in [2.75, 3.05) is 6.61 Å². The van der Waals surface area contributed by atoms with Crippen LogP contribution < -0.4 is 10.6 Å². The predicted octanol–water partition coefficient (Wildman–Crippen LogP) is 1.46. The number of hydrogen-bond acceptors (Lipinski definition) is 2. The molecule has 0 saturated heterocycles. The number of amides is 2. The van der Waals surface area contributed by atoms with E-state index in [1.807, 2.05) is 37.3 Å². The maximum Gasteiger partial charge on any atom is 0.315 e. The van der Waals surface area contributed by atoms with Gasteiger partial charge in [-0.05, 0) is 18.9 Å². The smallest absolute Gasteiger partial charge is 0.315 e. The van der Waals surface area contributed by atoms with Gasteiger partial charge in [0.15, 0.2) is 0 Å². The number of aliphatic hydroxyl groups is 1. The van der Waals surface area contributed by atoms with Crippen molar-refractivity contribution in [3.05, 3.63) is 48.6 Å². The van der Waals surface area contributed by atoms with Gasteiger partial charge in [-0.1, -0.05) is 36.4 Å². The van der Waals surface area contributed by atoms with Gasteiger partial charge in [0.1, 0.15) is 0 Å². The summed E-state index contributed by atoms with van der Waals surface area (Å²) in [6.07, 6.45) is 2.25. The molecule has 0 aliphatic carbocycles. The standard InChI is InChI=1S/C14H20N2O2/c1-3-11(2)15-14(18)16-13(10-17)9-12-7-5-4-6-8-12/h3-8,11,13,17H,1,9-10H2,2H3,(H2,15,16,18)/t11-,13+/m1/s1. The molecule has 3 N–H and O–H groups in total. The zero-order valence-corrected chi connectivity index (χ0v) is 10.6. The molecule has 1 aromatic rings. The summed E-state index contributed by atoms with van der Waals surface area (Å²) in [7, 11) is 0. The van der Waals surface area contributed by atoms with Crippen LogP contribution in [0, 0.1) is 0 Å². The lowest BCUT2D eigenvalue weighted by Crippen LogP contribution is -2.47.